The summed E-state index contributed by atoms with van der Waals surface area (Å²) in [6.45, 7) is 9.66. The molecule has 1 heterocycles. The van der Waals surface area contributed by atoms with Gasteiger partial charge in [0.1, 0.15) is 5.84 Å². The van der Waals surface area contributed by atoms with E-state index in [-0.39, 0.29) is 11.8 Å². The van der Waals surface area contributed by atoms with E-state index in [1.165, 1.54) is 11.5 Å². The zero-order valence-corrected chi connectivity index (χ0v) is 19.7. The lowest BCUT2D eigenvalue weighted by atomic mass is 9.96. The second-order valence-electron chi connectivity index (χ2n) is 8.82. The summed E-state index contributed by atoms with van der Waals surface area (Å²) in [6, 6.07) is 11.4. The van der Waals surface area contributed by atoms with Crippen LogP contribution in [0.4, 0.5) is 11.4 Å². The van der Waals surface area contributed by atoms with Crippen LogP contribution in [0.5, 0.6) is 0 Å². The Morgan fingerprint density at radius 1 is 1.23 bits per heavy atom. The second kappa shape index (κ2) is 8.67. The normalized spacial score (nSPS) is 21.1. The summed E-state index contributed by atoms with van der Waals surface area (Å²) < 4.78 is 0. The Morgan fingerprint density at radius 2 is 1.90 bits per heavy atom. The number of ketones is 1. The zero-order chi connectivity index (χ0) is 22.3. The van der Waals surface area contributed by atoms with Gasteiger partial charge in [0.25, 0.3) is 0 Å². The van der Waals surface area contributed by atoms with E-state index >= 15 is 0 Å². The van der Waals surface area contributed by atoms with Gasteiger partial charge in [-0.1, -0.05) is 18.2 Å². The van der Waals surface area contributed by atoms with Gasteiger partial charge in [0.2, 0.25) is 0 Å². The second-order valence-corrected chi connectivity index (χ2v) is 9.67. The van der Waals surface area contributed by atoms with E-state index in [1.54, 1.807) is 18.7 Å². The van der Waals surface area contributed by atoms with E-state index in [4.69, 9.17) is 4.99 Å². The number of aliphatic imine (C=N–C) groups is 1. The van der Waals surface area contributed by atoms with E-state index in [0.717, 1.165) is 52.5 Å². The summed E-state index contributed by atoms with van der Waals surface area (Å²) in [5.74, 6) is 2.55. The molecular formula is C25H31N3O2S. The molecule has 3 atom stereocenters. The Morgan fingerprint density at radius 3 is 2.55 bits per heavy atom. The summed E-state index contributed by atoms with van der Waals surface area (Å²) in [5.41, 5.74) is 3.87. The van der Waals surface area contributed by atoms with Crippen LogP contribution in [0.2, 0.25) is 0 Å². The number of hydroxylamine groups is 1. The van der Waals surface area contributed by atoms with Crippen LogP contribution in [0.15, 0.2) is 46.3 Å². The van der Waals surface area contributed by atoms with Crippen LogP contribution < -0.4 is 5.06 Å². The monoisotopic (exact) mass is 437 g/mol. The highest BCUT2D eigenvalue weighted by Crippen LogP contribution is 2.45. The van der Waals surface area contributed by atoms with Crippen LogP contribution in [-0.2, 0) is 0 Å². The van der Waals surface area contributed by atoms with Crippen molar-refractivity contribution in [2.24, 2.45) is 16.8 Å². The van der Waals surface area contributed by atoms with Crippen LogP contribution in [0, 0.1) is 18.8 Å². The fourth-order valence-corrected chi connectivity index (χ4v) is 5.16. The molecule has 164 valence electrons. The number of benzene rings is 2. The Hall–Kier alpha value is -2.31. The quantitative estimate of drug-likeness (QED) is 0.201. The first-order valence-electron chi connectivity index (χ1n) is 10.9. The van der Waals surface area contributed by atoms with E-state index in [0.29, 0.717) is 11.3 Å². The van der Waals surface area contributed by atoms with E-state index in [1.807, 2.05) is 63.4 Å². The highest BCUT2D eigenvalue weighted by molar-refractivity contribution is 7.98. The van der Waals surface area contributed by atoms with Gasteiger partial charge in [-0.05, 0) is 76.0 Å². The number of piperidine rings is 1. The molecule has 0 amide bonds. The smallest absolute Gasteiger partial charge is 0.161 e. The number of amidine groups is 1. The predicted molar refractivity (Wildman–Crippen MR) is 128 cm³/mol. The average Bonchev–Trinajstić information content (AvgIpc) is 3.37. The summed E-state index contributed by atoms with van der Waals surface area (Å²) in [5, 5.41) is 12.5. The van der Waals surface area contributed by atoms with E-state index < -0.39 is 0 Å². The number of nitrogens with zero attached hydrogens (tertiary/aromatic N) is 3. The van der Waals surface area contributed by atoms with Crippen LogP contribution in [0.3, 0.4) is 0 Å². The zero-order valence-electron chi connectivity index (χ0n) is 18.9. The van der Waals surface area contributed by atoms with Crippen LogP contribution >= 0.6 is 11.8 Å². The first-order chi connectivity index (χ1) is 14.8. The molecule has 1 aliphatic carbocycles. The molecule has 3 unspecified atom stereocenters. The van der Waals surface area contributed by atoms with Crippen molar-refractivity contribution in [3.63, 3.8) is 0 Å². The number of rotatable bonds is 6. The standard InChI is InChI=1S/C25H31N3O2S/c1-15-10-21(16(2)28(30)23-8-6-7-9-24(23)31-5)25(22(11-15)17(3)29)26-18(4)27-13-19-12-20(19)14-27/h6-11,16,19-20,30H,12-14H2,1-5H3. The third-order valence-electron chi connectivity index (χ3n) is 6.52. The van der Waals surface area contributed by atoms with Crippen molar-refractivity contribution >= 4 is 34.8 Å². The molecule has 1 N–H and O–H groups in total. The van der Waals surface area contributed by atoms with E-state index in [2.05, 4.69) is 4.90 Å². The van der Waals surface area contributed by atoms with Crippen molar-refractivity contribution in [1.82, 2.24) is 4.90 Å². The summed E-state index contributed by atoms with van der Waals surface area (Å²) in [7, 11) is 0. The van der Waals surface area contributed by atoms with Gasteiger partial charge in [0.05, 0.1) is 17.4 Å². The lowest BCUT2D eigenvalue weighted by Crippen LogP contribution is -2.28. The number of thioether (sulfide) groups is 1. The molecule has 0 radical (unpaired) electrons. The molecule has 1 saturated carbocycles. The highest BCUT2D eigenvalue weighted by atomic mass is 32.2. The van der Waals surface area contributed by atoms with E-state index in [9.17, 15) is 10.0 Å². The number of fused-ring (bicyclic) bond motifs is 1. The maximum absolute atomic E-state index is 12.5. The molecule has 5 nitrogen and oxygen atoms in total. The van der Waals surface area contributed by atoms with Crippen molar-refractivity contribution in [3.8, 4) is 0 Å². The van der Waals surface area contributed by atoms with Gasteiger partial charge in [-0.2, -0.15) is 0 Å². The van der Waals surface area contributed by atoms with Gasteiger partial charge >= 0.3 is 0 Å². The minimum atomic E-state index is -0.371. The number of hydrogen-bond acceptors (Lipinski definition) is 5. The number of aryl methyl sites for hydroxylation is 1. The maximum atomic E-state index is 12.5. The SMILES string of the molecule is CSc1ccccc1N(O)C(C)c1cc(C)cc(C(C)=O)c1N=C(C)N1CC2CC2C1. The number of carbonyl (C=O) groups is 1. The Balaban J connectivity index is 1.76. The molecule has 2 fully saturated rings. The third kappa shape index (κ3) is 4.37. The first kappa shape index (κ1) is 21.9. The van der Waals surface area contributed by atoms with Gasteiger partial charge in [0.15, 0.2) is 5.78 Å². The predicted octanol–water partition coefficient (Wildman–Crippen LogP) is 5.88. The Kier molecular flexibility index (Phi) is 6.13. The number of likely N-dealkylation sites (tertiary alicyclic amines) is 1. The number of para-hydroxylation sites is 1. The molecule has 2 aromatic carbocycles. The minimum Gasteiger partial charge on any atom is -0.360 e. The molecule has 1 saturated heterocycles. The Labute approximate surface area is 189 Å². The van der Waals surface area contributed by atoms with Crippen molar-refractivity contribution in [2.45, 2.75) is 45.1 Å². The number of hydrogen-bond donors (Lipinski definition) is 1. The molecule has 6 heteroatoms. The molecule has 2 aliphatic rings. The summed E-state index contributed by atoms with van der Waals surface area (Å²) in [6.07, 6.45) is 3.33. The topological polar surface area (TPSA) is 56.1 Å². The van der Waals surface area contributed by atoms with Crippen molar-refractivity contribution in [2.75, 3.05) is 24.4 Å². The summed E-state index contributed by atoms with van der Waals surface area (Å²) >= 11 is 1.59. The largest absolute Gasteiger partial charge is 0.360 e. The van der Waals surface area contributed by atoms with Crippen molar-refractivity contribution in [1.29, 1.82) is 0 Å². The maximum Gasteiger partial charge on any atom is 0.161 e. The van der Waals surface area contributed by atoms with Gasteiger partial charge in [-0.15, -0.1) is 11.8 Å². The van der Waals surface area contributed by atoms with Gasteiger partial charge < -0.3 is 4.90 Å². The molecule has 0 aromatic heterocycles. The molecule has 31 heavy (non-hydrogen) atoms. The highest BCUT2D eigenvalue weighted by Gasteiger charge is 2.45. The molecule has 2 aromatic rings. The number of carbonyl (C=O) groups excluding carboxylic acids is 1. The molecular weight excluding hydrogens is 406 g/mol. The first-order valence-corrected chi connectivity index (χ1v) is 12.1. The van der Waals surface area contributed by atoms with Crippen LogP contribution in [0.1, 0.15) is 54.7 Å². The lowest BCUT2D eigenvalue weighted by Gasteiger charge is -2.29. The molecule has 1 aliphatic heterocycles. The van der Waals surface area contributed by atoms with Crippen LogP contribution in [0.25, 0.3) is 0 Å². The Bertz CT molecular complexity index is 1030. The number of anilines is 1. The lowest BCUT2D eigenvalue weighted by molar-refractivity contribution is 0.101. The third-order valence-corrected chi connectivity index (χ3v) is 7.31. The average molecular weight is 438 g/mol. The van der Waals surface area contributed by atoms with Crippen molar-refractivity contribution in [3.05, 3.63) is 53.1 Å². The molecule has 0 bridgehead atoms. The van der Waals surface area contributed by atoms with Gasteiger partial charge in [-0.3, -0.25) is 10.0 Å². The molecule has 0 spiro atoms. The van der Waals surface area contributed by atoms with Crippen molar-refractivity contribution < 1.29 is 10.0 Å². The van der Waals surface area contributed by atoms with Gasteiger partial charge in [0, 0.05) is 29.1 Å². The fourth-order valence-electron chi connectivity index (χ4n) is 4.57. The minimum absolute atomic E-state index is 0.0121. The molecule has 4 rings (SSSR count). The number of Topliss-reactive ketones (excluding diaryl/α,β-unsaturated/α-hetero) is 1. The summed E-state index contributed by atoms with van der Waals surface area (Å²) in [4.78, 5) is 20.8. The fraction of sp³-hybridized carbons (Fsp3) is 0.440. The van der Waals surface area contributed by atoms with Crippen LogP contribution in [-0.4, -0.2) is 41.1 Å². The van der Waals surface area contributed by atoms with Gasteiger partial charge in [-0.25, -0.2) is 10.1 Å².